The molecule has 2 fully saturated rings. The van der Waals surface area contributed by atoms with E-state index in [1.807, 2.05) is 36.4 Å². The van der Waals surface area contributed by atoms with E-state index in [1.165, 1.54) is 5.56 Å². The maximum Gasteiger partial charge on any atom is 0.148 e. The van der Waals surface area contributed by atoms with Crippen LogP contribution in [0.15, 0.2) is 48.5 Å². The Labute approximate surface area is 167 Å². The van der Waals surface area contributed by atoms with Gasteiger partial charge in [-0.25, -0.2) is 0 Å². The van der Waals surface area contributed by atoms with Crippen molar-refractivity contribution in [1.29, 1.82) is 0 Å². The summed E-state index contributed by atoms with van der Waals surface area (Å²) in [5.41, 5.74) is 1.46. The van der Waals surface area contributed by atoms with Crippen LogP contribution in [0.4, 0.5) is 0 Å². The number of hydrogen-bond donors (Lipinski definition) is 1. The van der Waals surface area contributed by atoms with E-state index in [0.29, 0.717) is 12.1 Å². The largest absolute Gasteiger partial charge is 0.497 e. The smallest absolute Gasteiger partial charge is 0.148 e. The molecule has 2 aliphatic rings. The van der Waals surface area contributed by atoms with Gasteiger partial charge in [-0.3, -0.25) is 4.90 Å². The zero-order valence-electron chi connectivity index (χ0n) is 16.3. The van der Waals surface area contributed by atoms with Crippen LogP contribution in [-0.4, -0.2) is 35.8 Å². The van der Waals surface area contributed by atoms with Gasteiger partial charge in [-0.1, -0.05) is 30.2 Å². The van der Waals surface area contributed by atoms with E-state index in [0.717, 1.165) is 49.3 Å². The van der Waals surface area contributed by atoms with E-state index in [1.54, 1.807) is 7.11 Å². The summed E-state index contributed by atoms with van der Waals surface area (Å²) in [5.74, 6) is 4.14. The van der Waals surface area contributed by atoms with Crippen molar-refractivity contribution in [1.82, 2.24) is 4.90 Å². The first-order valence-corrected chi connectivity index (χ1v) is 9.89. The normalized spacial score (nSPS) is 26.6. The third kappa shape index (κ3) is 3.73. The molecule has 2 atom stereocenters. The SMILES string of the molecule is C#CCOc1cccc(CN2[C@H]3CC[C@H]2CC(O)(c2ccc(OC)cc2)C3)c1. The highest BCUT2D eigenvalue weighted by molar-refractivity contribution is 5.33. The first-order valence-electron chi connectivity index (χ1n) is 9.89. The van der Waals surface area contributed by atoms with Gasteiger partial charge in [0.25, 0.3) is 0 Å². The van der Waals surface area contributed by atoms with E-state index in [2.05, 4.69) is 23.0 Å². The van der Waals surface area contributed by atoms with Crippen molar-refractivity contribution in [3.05, 3.63) is 59.7 Å². The molecule has 2 aromatic carbocycles. The van der Waals surface area contributed by atoms with Crippen molar-refractivity contribution in [2.45, 2.75) is 49.9 Å². The monoisotopic (exact) mass is 377 g/mol. The molecule has 146 valence electrons. The molecule has 2 aromatic rings. The molecule has 1 N–H and O–H groups in total. The lowest BCUT2D eigenvalue weighted by Gasteiger charge is -2.44. The van der Waals surface area contributed by atoms with Crippen LogP contribution in [0.2, 0.25) is 0 Å². The minimum atomic E-state index is -0.758. The van der Waals surface area contributed by atoms with Gasteiger partial charge in [0.1, 0.15) is 18.1 Å². The maximum atomic E-state index is 11.4. The van der Waals surface area contributed by atoms with Gasteiger partial charge in [0.15, 0.2) is 0 Å². The summed E-state index contributed by atoms with van der Waals surface area (Å²) in [5, 5.41) is 11.4. The Hall–Kier alpha value is -2.48. The fourth-order valence-corrected chi connectivity index (χ4v) is 4.78. The third-order valence-electron chi connectivity index (χ3n) is 6.13. The highest BCUT2D eigenvalue weighted by Gasteiger charge is 2.48. The molecule has 2 saturated heterocycles. The topological polar surface area (TPSA) is 41.9 Å². The minimum Gasteiger partial charge on any atom is -0.497 e. The van der Waals surface area contributed by atoms with E-state index < -0.39 is 5.60 Å². The number of methoxy groups -OCH3 is 1. The Morgan fingerprint density at radius 3 is 2.46 bits per heavy atom. The standard InChI is InChI=1S/C24H27NO3/c1-3-13-28-23-6-4-5-18(14-23)17-25-20-9-10-21(25)16-24(26,15-20)19-7-11-22(27-2)12-8-19/h1,4-8,11-12,14,20-21,26H,9-10,13,15-17H2,2H3/t20-,21-/m0/s1. The van der Waals surface area contributed by atoms with Crippen LogP contribution in [0.25, 0.3) is 0 Å². The van der Waals surface area contributed by atoms with Crippen LogP contribution in [0.3, 0.4) is 0 Å². The molecule has 0 saturated carbocycles. The Morgan fingerprint density at radius 2 is 1.82 bits per heavy atom. The Kier molecular flexibility index (Phi) is 5.30. The molecule has 4 heteroatoms. The molecule has 4 rings (SSSR count). The quantitative estimate of drug-likeness (QED) is 0.779. The second-order valence-electron chi connectivity index (χ2n) is 7.87. The van der Waals surface area contributed by atoms with Gasteiger partial charge >= 0.3 is 0 Å². The second-order valence-corrected chi connectivity index (χ2v) is 7.87. The number of hydrogen-bond acceptors (Lipinski definition) is 4. The molecule has 2 aliphatic heterocycles. The van der Waals surface area contributed by atoms with Crippen LogP contribution in [0, 0.1) is 12.3 Å². The Morgan fingerprint density at radius 1 is 1.11 bits per heavy atom. The summed E-state index contributed by atoms with van der Waals surface area (Å²) in [4.78, 5) is 2.55. The summed E-state index contributed by atoms with van der Waals surface area (Å²) in [6, 6.07) is 16.8. The average Bonchev–Trinajstić information content (AvgIpc) is 2.96. The number of aliphatic hydroxyl groups is 1. The van der Waals surface area contributed by atoms with Crippen LogP contribution < -0.4 is 9.47 Å². The summed E-state index contributed by atoms with van der Waals surface area (Å²) in [7, 11) is 1.66. The lowest BCUT2D eigenvalue weighted by Crippen LogP contribution is -2.49. The number of nitrogens with zero attached hydrogens (tertiary/aromatic N) is 1. The highest BCUT2D eigenvalue weighted by atomic mass is 16.5. The van der Waals surface area contributed by atoms with E-state index in [4.69, 9.17) is 15.9 Å². The van der Waals surface area contributed by atoms with Crippen LogP contribution in [-0.2, 0) is 12.1 Å². The number of benzene rings is 2. The first kappa shape index (κ1) is 18.9. The first-order chi connectivity index (χ1) is 13.6. The fourth-order valence-electron chi connectivity index (χ4n) is 4.78. The molecule has 2 heterocycles. The average molecular weight is 377 g/mol. The van der Waals surface area contributed by atoms with E-state index in [9.17, 15) is 5.11 Å². The number of piperidine rings is 1. The van der Waals surface area contributed by atoms with Gasteiger partial charge in [0, 0.05) is 18.6 Å². The minimum absolute atomic E-state index is 0.285. The number of rotatable bonds is 6. The number of terminal acetylenes is 1. The fraction of sp³-hybridized carbons (Fsp3) is 0.417. The van der Waals surface area contributed by atoms with Crippen LogP contribution in [0.1, 0.15) is 36.8 Å². The zero-order valence-corrected chi connectivity index (χ0v) is 16.3. The molecular formula is C24H27NO3. The summed E-state index contributed by atoms with van der Waals surface area (Å²) >= 11 is 0. The lowest BCUT2D eigenvalue weighted by atomic mass is 9.80. The van der Waals surface area contributed by atoms with E-state index in [-0.39, 0.29) is 6.61 Å². The zero-order chi connectivity index (χ0) is 19.6. The molecule has 0 spiro atoms. The molecule has 2 bridgehead atoms. The van der Waals surface area contributed by atoms with Crippen molar-refractivity contribution in [2.24, 2.45) is 0 Å². The van der Waals surface area contributed by atoms with Gasteiger partial charge in [0.2, 0.25) is 0 Å². The Bertz CT molecular complexity index is 841. The lowest BCUT2D eigenvalue weighted by molar-refractivity contribution is -0.0595. The third-order valence-corrected chi connectivity index (χ3v) is 6.13. The molecule has 0 amide bonds. The molecule has 4 nitrogen and oxygen atoms in total. The molecule has 0 radical (unpaired) electrons. The van der Waals surface area contributed by atoms with Crippen molar-refractivity contribution in [3.63, 3.8) is 0 Å². The van der Waals surface area contributed by atoms with Gasteiger partial charge in [-0.15, -0.1) is 6.42 Å². The predicted octanol–water partition coefficient (Wildman–Crippen LogP) is 3.72. The summed E-state index contributed by atoms with van der Waals surface area (Å²) in [6.07, 6.45) is 9.09. The van der Waals surface area contributed by atoms with Crippen LogP contribution in [0.5, 0.6) is 11.5 Å². The van der Waals surface area contributed by atoms with Gasteiger partial charge in [-0.2, -0.15) is 0 Å². The van der Waals surface area contributed by atoms with E-state index >= 15 is 0 Å². The number of fused-ring (bicyclic) bond motifs is 2. The molecule has 0 aromatic heterocycles. The number of ether oxygens (including phenoxy) is 2. The maximum absolute atomic E-state index is 11.4. The van der Waals surface area contributed by atoms with Crippen molar-refractivity contribution in [2.75, 3.05) is 13.7 Å². The van der Waals surface area contributed by atoms with Crippen molar-refractivity contribution in [3.8, 4) is 23.8 Å². The van der Waals surface area contributed by atoms with Crippen molar-refractivity contribution < 1.29 is 14.6 Å². The second kappa shape index (κ2) is 7.87. The van der Waals surface area contributed by atoms with Crippen molar-refractivity contribution >= 4 is 0 Å². The molecule has 0 aliphatic carbocycles. The molecular weight excluding hydrogens is 350 g/mol. The highest BCUT2D eigenvalue weighted by Crippen LogP contribution is 2.46. The Balaban J connectivity index is 1.47. The summed E-state index contributed by atoms with van der Waals surface area (Å²) in [6.45, 7) is 1.16. The predicted molar refractivity (Wildman–Crippen MR) is 109 cm³/mol. The summed E-state index contributed by atoms with van der Waals surface area (Å²) < 4.78 is 10.8. The van der Waals surface area contributed by atoms with Gasteiger partial charge in [-0.05, 0) is 61.1 Å². The molecule has 28 heavy (non-hydrogen) atoms. The van der Waals surface area contributed by atoms with Gasteiger partial charge in [0.05, 0.1) is 12.7 Å². The molecule has 0 unspecified atom stereocenters. The van der Waals surface area contributed by atoms with Crippen LogP contribution >= 0.6 is 0 Å². The van der Waals surface area contributed by atoms with Gasteiger partial charge < -0.3 is 14.6 Å².